The Balaban J connectivity index is 2.24. The molecule has 0 bridgehead atoms. The summed E-state index contributed by atoms with van der Waals surface area (Å²) in [5.41, 5.74) is 3.02. The van der Waals surface area contributed by atoms with Crippen molar-refractivity contribution in [2.75, 3.05) is 12.4 Å². The van der Waals surface area contributed by atoms with Gasteiger partial charge in [-0.3, -0.25) is 0 Å². The van der Waals surface area contributed by atoms with E-state index >= 15 is 0 Å². The fraction of sp³-hybridized carbons (Fsp3) is 0.647. The van der Waals surface area contributed by atoms with E-state index in [1.165, 1.54) is 24.0 Å². The molecule has 1 aliphatic rings. The van der Waals surface area contributed by atoms with Crippen molar-refractivity contribution in [2.24, 2.45) is 5.41 Å². The quantitative estimate of drug-likeness (QED) is 0.719. The summed E-state index contributed by atoms with van der Waals surface area (Å²) in [7, 11) is 0. The molecule has 0 radical (unpaired) electrons. The minimum absolute atomic E-state index is 0.349. The van der Waals surface area contributed by atoms with Crippen molar-refractivity contribution in [1.29, 1.82) is 0 Å². The molecule has 1 aromatic carbocycles. The molecule has 0 aliphatic heterocycles. The normalized spacial score (nSPS) is 17.0. The molecule has 1 saturated carbocycles. The lowest BCUT2D eigenvalue weighted by Gasteiger charge is -2.22. The van der Waals surface area contributed by atoms with Crippen LogP contribution < -0.4 is 4.74 Å². The van der Waals surface area contributed by atoms with Gasteiger partial charge >= 0.3 is 0 Å². The van der Waals surface area contributed by atoms with E-state index in [0.717, 1.165) is 18.1 Å². The molecule has 0 saturated heterocycles. The van der Waals surface area contributed by atoms with Gasteiger partial charge in [0.15, 0.2) is 0 Å². The van der Waals surface area contributed by atoms with Crippen LogP contribution >= 0.6 is 12.6 Å². The number of ether oxygens (including phenoxy) is 1. The zero-order valence-corrected chi connectivity index (χ0v) is 13.5. The molecule has 1 fully saturated rings. The van der Waals surface area contributed by atoms with E-state index in [-0.39, 0.29) is 0 Å². The summed E-state index contributed by atoms with van der Waals surface area (Å²) >= 11 is 4.46. The zero-order valence-electron chi connectivity index (χ0n) is 12.6. The van der Waals surface area contributed by atoms with E-state index in [1.54, 1.807) is 0 Å². The van der Waals surface area contributed by atoms with Gasteiger partial charge in [-0.05, 0) is 41.6 Å². The molecular formula is C17H26OS. The number of hydrogen-bond donors (Lipinski definition) is 1. The molecule has 19 heavy (non-hydrogen) atoms. The van der Waals surface area contributed by atoms with Crippen molar-refractivity contribution in [1.82, 2.24) is 0 Å². The molecule has 1 aromatic rings. The fourth-order valence-corrected chi connectivity index (χ4v) is 2.81. The average molecular weight is 278 g/mol. The Kier molecular flexibility index (Phi) is 4.50. The highest BCUT2D eigenvalue weighted by Crippen LogP contribution is 2.47. The van der Waals surface area contributed by atoms with Gasteiger partial charge in [-0.1, -0.05) is 45.9 Å². The first-order valence-electron chi connectivity index (χ1n) is 7.35. The Bertz CT molecular complexity index is 407. The highest BCUT2D eigenvalue weighted by atomic mass is 32.1. The van der Waals surface area contributed by atoms with Crippen LogP contribution in [0, 0.1) is 5.41 Å². The first kappa shape index (κ1) is 14.8. The van der Waals surface area contributed by atoms with Gasteiger partial charge in [0.2, 0.25) is 0 Å². The zero-order chi connectivity index (χ0) is 14.0. The summed E-state index contributed by atoms with van der Waals surface area (Å²) in [6.07, 6.45) is 2.52. The van der Waals surface area contributed by atoms with Gasteiger partial charge in [-0.25, -0.2) is 0 Å². The molecule has 0 N–H and O–H groups in total. The van der Waals surface area contributed by atoms with Crippen LogP contribution in [0.2, 0.25) is 0 Å². The topological polar surface area (TPSA) is 9.23 Å². The van der Waals surface area contributed by atoms with Crippen LogP contribution in [0.15, 0.2) is 18.2 Å². The molecule has 1 nitrogen and oxygen atoms in total. The third-order valence-electron chi connectivity index (χ3n) is 4.14. The number of rotatable bonds is 6. The summed E-state index contributed by atoms with van der Waals surface area (Å²) in [6.45, 7) is 9.76. The number of para-hydroxylation sites is 1. The molecule has 0 unspecified atom stereocenters. The van der Waals surface area contributed by atoms with E-state index in [4.69, 9.17) is 4.74 Å². The summed E-state index contributed by atoms with van der Waals surface area (Å²) < 4.78 is 6.26. The summed E-state index contributed by atoms with van der Waals surface area (Å²) in [6, 6.07) is 6.56. The molecule has 0 heterocycles. The smallest absolute Gasteiger partial charge is 0.126 e. The van der Waals surface area contributed by atoms with Crippen LogP contribution in [-0.4, -0.2) is 12.4 Å². The van der Waals surface area contributed by atoms with E-state index in [9.17, 15) is 0 Å². The second-order valence-electron chi connectivity index (χ2n) is 6.52. The molecule has 0 aromatic heterocycles. The van der Waals surface area contributed by atoms with Gasteiger partial charge in [0, 0.05) is 5.41 Å². The molecule has 0 spiro atoms. The first-order chi connectivity index (χ1) is 8.99. The van der Waals surface area contributed by atoms with E-state index in [1.807, 2.05) is 0 Å². The van der Waals surface area contributed by atoms with Crippen LogP contribution in [0.4, 0.5) is 0 Å². The number of thiol groups is 1. The van der Waals surface area contributed by atoms with Gasteiger partial charge in [0.25, 0.3) is 0 Å². The van der Waals surface area contributed by atoms with Crippen molar-refractivity contribution >= 4 is 12.6 Å². The highest BCUT2D eigenvalue weighted by molar-refractivity contribution is 7.80. The van der Waals surface area contributed by atoms with Crippen LogP contribution in [0.1, 0.15) is 63.5 Å². The SMILES string of the molecule is CC(C)c1cccc(C(C)C)c1OCC1(CS)CC1. The predicted octanol–water partition coefficient (Wildman–Crippen LogP) is 5.02. The number of benzene rings is 1. The Labute approximate surface area is 123 Å². The number of hydrogen-bond acceptors (Lipinski definition) is 2. The fourth-order valence-electron chi connectivity index (χ4n) is 2.40. The summed E-state index contributed by atoms with van der Waals surface area (Å²) in [5.74, 6) is 3.06. The molecular weight excluding hydrogens is 252 g/mol. The minimum atomic E-state index is 0.349. The Morgan fingerprint density at radius 2 is 1.63 bits per heavy atom. The Hall–Kier alpha value is -0.630. The highest BCUT2D eigenvalue weighted by Gasteiger charge is 2.42. The summed E-state index contributed by atoms with van der Waals surface area (Å²) in [4.78, 5) is 0. The van der Waals surface area contributed by atoms with E-state index in [2.05, 4.69) is 58.5 Å². The van der Waals surface area contributed by atoms with Crippen molar-refractivity contribution in [3.8, 4) is 5.75 Å². The third kappa shape index (κ3) is 3.28. The first-order valence-corrected chi connectivity index (χ1v) is 7.99. The maximum absolute atomic E-state index is 6.26. The Morgan fingerprint density at radius 1 is 1.11 bits per heavy atom. The van der Waals surface area contributed by atoms with Crippen molar-refractivity contribution in [3.63, 3.8) is 0 Å². The minimum Gasteiger partial charge on any atom is -0.492 e. The van der Waals surface area contributed by atoms with Crippen molar-refractivity contribution in [3.05, 3.63) is 29.3 Å². The molecule has 2 heteroatoms. The second-order valence-corrected chi connectivity index (χ2v) is 6.84. The van der Waals surface area contributed by atoms with Gasteiger partial charge in [0.05, 0.1) is 6.61 Å². The monoisotopic (exact) mass is 278 g/mol. The largest absolute Gasteiger partial charge is 0.492 e. The van der Waals surface area contributed by atoms with E-state index < -0.39 is 0 Å². The lowest BCUT2D eigenvalue weighted by molar-refractivity contribution is 0.245. The van der Waals surface area contributed by atoms with E-state index in [0.29, 0.717) is 17.3 Å². The van der Waals surface area contributed by atoms with Gasteiger partial charge in [-0.2, -0.15) is 12.6 Å². The van der Waals surface area contributed by atoms with Crippen LogP contribution in [0.25, 0.3) is 0 Å². The molecule has 0 amide bonds. The van der Waals surface area contributed by atoms with Crippen molar-refractivity contribution in [2.45, 2.75) is 52.4 Å². The molecule has 1 aliphatic carbocycles. The van der Waals surface area contributed by atoms with Crippen LogP contribution in [-0.2, 0) is 0 Å². The van der Waals surface area contributed by atoms with Crippen LogP contribution in [0.5, 0.6) is 5.75 Å². The average Bonchev–Trinajstić information content (AvgIpc) is 3.16. The maximum Gasteiger partial charge on any atom is 0.126 e. The molecule has 2 rings (SSSR count). The standard InChI is InChI=1S/C17H26OS/c1-12(2)14-6-5-7-15(13(3)4)16(14)18-10-17(11-19)8-9-17/h5-7,12-13,19H,8-11H2,1-4H3. The third-order valence-corrected chi connectivity index (χ3v) is 4.81. The second kappa shape index (κ2) is 5.78. The lowest BCUT2D eigenvalue weighted by Crippen LogP contribution is -2.16. The maximum atomic E-state index is 6.26. The summed E-state index contributed by atoms with van der Waals surface area (Å²) in [5, 5.41) is 0. The van der Waals surface area contributed by atoms with Gasteiger partial charge in [0.1, 0.15) is 5.75 Å². The van der Waals surface area contributed by atoms with Crippen molar-refractivity contribution < 1.29 is 4.74 Å². The van der Waals surface area contributed by atoms with Gasteiger partial charge < -0.3 is 4.74 Å². The molecule has 0 atom stereocenters. The van der Waals surface area contributed by atoms with Gasteiger partial charge in [-0.15, -0.1) is 0 Å². The molecule has 106 valence electrons. The van der Waals surface area contributed by atoms with Crippen LogP contribution in [0.3, 0.4) is 0 Å². The lowest BCUT2D eigenvalue weighted by atomic mass is 9.94. The Morgan fingerprint density at radius 3 is 2.00 bits per heavy atom. The predicted molar refractivity (Wildman–Crippen MR) is 85.6 cm³/mol.